The molecule has 0 radical (unpaired) electrons. The molecular weight excluding hydrogens is 324 g/mol. The van der Waals surface area contributed by atoms with Gasteiger partial charge in [-0.2, -0.15) is 0 Å². The van der Waals surface area contributed by atoms with Crippen molar-refractivity contribution in [2.75, 3.05) is 12.0 Å². The molecule has 0 aliphatic carbocycles. The second-order valence-electron chi connectivity index (χ2n) is 5.08. The molecule has 1 heterocycles. The summed E-state index contributed by atoms with van der Waals surface area (Å²) >= 11 is 5.26. The van der Waals surface area contributed by atoms with Gasteiger partial charge in [0.15, 0.2) is 5.11 Å². The number of carbonyl (C=O) groups is 2. The number of anilines is 1. The van der Waals surface area contributed by atoms with E-state index in [4.69, 9.17) is 12.2 Å². The highest BCUT2D eigenvalue weighted by Crippen LogP contribution is 2.22. The maximum absolute atomic E-state index is 12.6. The Morgan fingerprint density at radius 1 is 1.12 bits per heavy atom. The van der Waals surface area contributed by atoms with Gasteiger partial charge in [-0.25, -0.2) is 4.79 Å². The second kappa shape index (κ2) is 6.64. The SMILES string of the molecule is COC(=O)c1ccc(/C=C2\NC(=S)N(c3ccccc3)C2=O)cc1. The van der Waals surface area contributed by atoms with Crippen LogP contribution in [0.2, 0.25) is 0 Å². The number of methoxy groups -OCH3 is 1. The Morgan fingerprint density at radius 3 is 2.42 bits per heavy atom. The number of hydrogen-bond donors (Lipinski definition) is 1. The number of nitrogens with one attached hydrogen (secondary N) is 1. The van der Waals surface area contributed by atoms with E-state index in [0.29, 0.717) is 22.1 Å². The Morgan fingerprint density at radius 2 is 1.79 bits per heavy atom. The molecule has 0 saturated carbocycles. The number of thiocarbonyl (C=S) groups is 1. The molecule has 5 nitrogen and oxygen atoms in total. The first-order chi connectivity index (χ1) is 11.6. The van der Waals surface area contributed by atoms with Gasteiger partial charge in [-0.05, 0) is 48.1 Å². The lowest BCUT2D eigenvalue weighted by Gasteiger charge is -2.13. The van der Waals surface area contributed by atoms with Crippen LogP contribution in [0.5, 0.6) is 0 Å². The van der Waals surface area contributed by atoms with Crippen LogP contribution in [0, 0.1) is 0 Å². The van der Waals surface area contributed by atoms with Gasteiger partial charge in [-0.3, -0.25) is 9.69 Å². The Hall–Kier alpha value is -2.99. The minimum absolute atomic E-state index is 0.219. The van der Waals surface area contributed by atoms with Gasteiger partial charge in [0.2, 0.25) is 0 Å². The summed E-state index contributed by atoms with van der Waals surface area (Å²) in [5, 5.41) is 3.26. The van der Waals surface area contributed by atoms with Crippen molar-refractivity contribution in [1.82, 2.24) is 5.32 Å². The molecule has 1 N–H and O–H groups in total. The molecule has 0 atom stereocenters. The van der Waals surface area contributed by atoms with Crippen molar-refractivity contribution >= 4 is 41.0 Å². The number of amides is 1. The van der Waals surface area contributed by atoms with Crippen LogP contribution >= 0.6 is 12.2 Å². The van der Waals surface area contributed by atoms with Crippen molar-refractivity contribution in [3.05, 3.63) is 71.4 Å². The number of benzene rings is 2. The van der Waals surface area contributed by atoms with E-state index in [9.17, 15) is 9.59 Å². The van der Waals surface area contributed by atoms with Crippen LogP contribution in [0.3, 0.4) is 0 Å². The molecule has 0 spiro atoms. The lowest BCUT2D eigenvalue weighted by Crippen LogP contribution is -2.30. The smallest absolute Gasteiger partial charge is 0.337 e. The van der Waals surface area contributed by atoms with Gasteiger partial charge in [0, 0.05) is 0 Å². The van der Waals surface area contributed by atoms with E-state index in [-0.39, 0.29) is 5.91 Å². The van der Waals surface area contributed by atoms with Gasteiger partial charge in [0.25, 0.3) is 5.91 Å². The molecule has 1 aliphatic rings. The highest BCUT2D eigenvalue weighted by Gasteiger charge is 2.31. The molecule has 120 valence electrons. The standard InChI is InChI=1S/C18H14N2O3S/c1-23-17(22)13-9-7-12(8-10-13)11-15-16(21)20(18(24)19-15)14-5-3-2-4-6-14/h2-11H,1H3,(H,19,24)/b15-11-. The Bertz CT molecular complexity index is 829. The van der Waals surface area contributed by atoms with Gasteiger partial charge in [-0.15, -0.1) is 0 Å². The molecule has 2 aromatic carbocycles. The van der Waals surface area contributed by atoms with Gasteiger partial charge in [0.05, 0.1) is 18.4 Å². The molecular formula is C18H14N2O3S. The predicted molar refractivity (Wildman–Crippen MR) is 95.4 cm³/mol. The average Bonchev–Trinajstić information content (AvgIpc) is 2.89. The number of nitrogens with zero attached hydrogens (tertiary/aromatic N) is 1. The fraction of sp³-hybridized carbons (Fsp3) is 0.0556. The quantitative estimate of drug-likeness (QED) is 0.530. The number of carbonyl (C=O) groups excluding carboxylic acids is 2. The Balaban J connectivity index is 1.85. The first kappa shape index (κ1) is 15.9. The summed E-state index contributed by atoms with van der Waals surface area (Å²) in [5.74, 6) is -0.621. The third-order valence-corrected chi connectivity index (χ3v) is 3.82. The van der Waals surface area contributed by atoms with Gasteiger partial charge in [-0.1, -0.05) is 30.3 Å². The number of esters is 1. The van der Waals surface area contributed by atoms with Gasteiger partial charge < -0.3 is 10.1 Å². The average molecular weight is 338 g/mol. The maximum Gasteiger partial charge on any atom is 0.337 e. The normalized spacial score (nSPS) is 15.5. The number of ether oxygens (including phenoxy) is 1. The fourth-order valence-electron chi connectivity index (χ4n) is 2.35. The van der Waals surface area contributed by atoms with Crippen molar-refractivity contribution in [1.29, 1.82) is 0 Å². The monoisotopic (exact) mass is 338 g/mol. The largest absolute Gasteiger partial charge is 0.465 e. The molecule has 1 saturated heterocycles. The van der Waals surface area contributed by atoms with Gasteiger partial charge >= 0.3 is 5.97 Å². The third-order valence-electron chi connectivity index (χ3n) is 3.54. The van der Waals surface area contributed by atoms with Crippen LogP contribution < -0.4 is 10.2 Å². The summed E-state index contributed by atoms with van der Waals surface area (Å²) in [6, 6.07) is 16.0. The number of rotatable bonds is 3. The van der Waals surface area contributed by atoms with Crippen molar-refractivity contribution in [2.24, 2.45) is 0 Å². The zero-order valence-electron chi connectivity index (χ0n) is 12.9. The Labute approximate surface area is 144 Å². The minimum atomic E-state index is -0.402. The summed E-state index contributed by atoms with van der Waals surface area (Å²) in [6.45, 7) is 0. The van der Waals surface area contributed by atoms with E-state index in [1.165, 1.54) is 12.0 Å². The fourth-order valence-corrected chi connectivity index (χ4v) is 2.64. The molecule has 0 aromatic heterocycles. The van der Waals surface area contributed by atoms with E-state index in [1.807, 2.05) is 30.3 Å². The molecule has 0 bridgehead atoms. The summed E-state index contributed by atoms with van der Waals surface area (Å²) in [6.07, 6.45) is 1.69. The topological polar surface area (TPSA) is 58.6 Å². The molecule has 1 amide bonds. The summed E-state index contributed by atoms with van der Waals surface area (Å²) in [7, 11) is 1.33. The van der Waals surface area contributed by atoms with Crippen LogP contribution in [0.4, 0.5) is 5.69 Å². The molecule has 2 aromatic rings. The van der Waals surface area contributed by atoms with E-state index in [0.717, 1.165) is 5.56 Å². The minimum Gasteiger partial charge on any atom is -0.465 e. The van der Waals surface area contributed by atoms with Crippen molar-refractivity contribution in [2.45, 2.75) is 0 Å². The molecule has 6 heteroatoms. The van der Waals surface area contributed by atoms with Crippen molar-refractivity contribution in [3.8, 4) is 0 Å². The van der Waals surface area contributed by atoms with Gasteiger partial charge in [0.1, 0.15) is 5.70 Å². The number of para-hydroxylation sites is 1. The van der Waals surface area contributed by atoms with E-state index < -0.39 is 5.97 Å². The number of hydrogen-bond acceptors (Lipinski definition) is 4. The molecule has 0 unspecified atom stereocenters. The first-order valence-electron chi connectivity index (χ1n) is 7.20. The highest BCUT2D eigenvalue weighted by molar-refractivity contribution is 7.80. The maximum atomic E-state index is 12.6. The van der Waals surface area contributed by atoms with Crippen molar-refractivity contribution in [3.63, 3.8) is 0 Å². The second-order valence-corrected chi connectivity index (χ2v) is 5.46. The van der Waals surface area contributed by atoms with Crippen LogP contribution in [0.15, 0.2) is 60.3 Å². The Kier molecular flexibility index (Phi) is 4.39. The molecule has 3 rings (SSSR count). The summed E-state index contributed by atoms with van der Waals surface area (Å²) in [4.78, 5) is 25.5. The molecule has 24 heavy (non-hydrogen) atoms. The lowest BCUT2D eigenvalue weighted by atomic mass is 10.1. The van der Waals surface area contributed by atoms with E-state index in [2.05, 4.69) is 10.1 Å². The zero-order valence-corrected chi connectivity index (χ0v) is 13.7. The zero-order chi connectivity index (χ0) is 17.1. The molecule has 1 fully saturated rings. The van der Waals surface area contributed by atoms with E-state index in [1.54, 1.807) is 30.3 Å². The molecule has 1 aliphatic heterocycles. The highest BCUT2D eigenvalue weighted by atomic mass is 32.1. The summed E-state index contributed by atoms with van der Waals surface area (Å²) < 4.78 is 4.66. The van der Waals surface area contributed by atoms with E-state index >= 15 is 0 Å². The van der Waals surface area contributed by atoms with Crippen LogP contribution in [0.1, 0.15) is 15.9 Å². The summed E-state index contributed by atoms with van der Waals surface area (Å²) in [5.41, 5.74) is 2.32. The third kappa shape index (κ3) is 3.04. The van der Waals surface area contributed by atoms with Crippen LogP contribution in [-0.2, 0) is 9.53 Å². The lowest BCUT2D eigenvalue weighted by molar-refractivity contribution is -0.113. The van der Waals surface area contributed by atoms with Crippen LogP contribution in [0.25, 0.3) is 6.08 Å². The van der Waals surface area contributed by atoms with Crippen molar-refractivity contribution < 1.29 is 14.3 Å². The van der Waals surface area contributed by atoms with Crippen LogP contribution in [-0.4, -0.2) is 24.1 Å². The predicted octanol–water partition coefficient (Wildman–Crippen LogP) is 2.74. The first-order valence-corrected chi connectivity index (χ1v) is 7.61.